The monoisotopic (exact) mass is 397 g/mol. The molecule has 1 aliphatic heterocycles. The number of piperidine rings is 1. The van der Waals surface area contributed by atoms with Gasteiger partial charge in [-0.1, -0.05) is 18.2 Å². The number of nitro groups is 1. The van der Waals surface area contributed by atoms with Crippen molar-refractivity contribution >= 4 is 17.3 Å². The van der Waals surface area contributed by atoms with Crippen LogP contribution in [0.2, 0.25) is 0 Å². The van der Waals surface area contributed by atoms with Crippen LogP contribution in [-0.4, -0.2) is 49.0 Å². The summed E-state index contributed by atoms with van der Waals surface area (Å²) in [5, 5.41) is 11.6. The first-order valence-electron chi connectivity index (χ1n) is 9.94. The van der Waals surface area contributed by atoms with E-state index in [1.165, 1.54) is 11.0 Å². The predicted molar refractivity (Wildman–Crippen MR) is 113 cm³/mol. The van der Waals surface area contributed by atoms with E-state index in [9.17, 15) is 14.9 Å². The zero-order valence-electron chi connectivity index (χ0n) is 17.0. The van der Waals surface area contributed by atoms with Crippen LogP contribution in [0.25, 0.3) is 0 Å². The molecular weight excluding hydrogens is 370 g/mol. The number of nitro benzene ring substituents is 1. The molecule has 29 heavy (non-hydrogen) atoms. The van der Waals surface area contributed by atoms with Crippen molar-refractivity contribution in [1.82, 2.24) is 4.90 Å². The number of hydrogen-bond donors (Lipinski definition) is 0. The Morgan fingerprint density at radius 3 is 2.59 bits per heavy atom. The van der Waals surface area contributed by atoms with Gasteiger partial charge in [-0.3, -0.25) is 14.9 Å². The number of anilines is 1. The van der Waals surface area contributed by atoms with Crippen LogP contribution in [0.5, 0.6) is 5.75 Å². The van der Waals surface area contributed by atoms with E-state index in [4.69, 9.17) is 4.74 Å². The lowest BCUT2D eigenvalue weighted by molar-refractivity contribution is -0.384. The molecule has 2 aromatic carbocycles. The topological polar surface area (TPSA) is 75.9 Å². The fourth-order valence-electron chi connectivity index (χ4n) is 3.54. The molecule has 1 fully saturated rings. The maximum atomic E-state index is 12.8. The Kier molecular flexibility index (Phi) is 6.69. The number of likely N-dealkylation sites (N-methyl/N-ethyl adjacent to an activating group) is 1. The molecule has 2 aromatic rings. The minimum atomic E-state index is -0.401. The van der Waals surface area contributed by atoms with Crippen LogP contribution in [0.1, 0.15) is 35.2 Å². The third-order valence-electron chi connectivity index (χ3n) is 5.24. The first kappa shape index (κ1) is 20.6. The Labute approximate surface area is 171 Å². The molecule has 3 rings (SSSR count). The third-order valence-corrected chi connectivity index (χ3v) is 5.24. The first-order valence-corrected chi connectivity index (χ1v) is 9.94. The molecule has 7 heteroatoms. The van der Waals surface area contributed by atoms with Gasteiger partial charge in [0.1, 0.15) is 18.0 Å². The summed E-state index contributed by atoms with van der Waals surface area (Å²) < 4.78 is 5.75. The van der Waals surface area contributed by atoms with Gasteiger partial charge in [-0.25, -0.2) is 0 Å². The van der Waals surface area contributed by atoms with Crippen LogP contribution in [0.4, 0.5) is 11.4 Å². The standard InChI is InChI=1S/C22H27N3O4/c1-17-8-4-5-9-21(17)29-15-14-23(2)22(26)18-10-11-19(20(16-18)25(27)28)24-12-6-3-7-13-24/h4-5,8-11,16H,3,6-7,12-15H2,1-2H3. The van der Waals surface area contributed by atoms with Crippen LogP contribution in [-0.2, 0) is 0 Å². The summed E-state index contributed by atoms with van der Waals surface area (Å²) in [5.41, 5.74) is 1.93. The quantitative estimate of drug-likeness (QED) is 0.520. The van der Waals surface area contributed by atoms with Gasteiger partial charge in [-0.15, -0.1) is 0 Å². The van der Waals surface area contributed by atoms with E-state index in [1.807, 2.05) is 36.1 Å². The molecule has 1 saturated heterocycles. The number of carbonyl (C=O) groups is 1. The highest BCUT2D eigenvalue weighted by Crippen LogP contribution is 2.31. The smallest absolute Gasteiger partial charge is 0.293 e. The van der Waals surface area contributed by atoms with E-state index in [0.717, 1.165) is 43.7 Å². The van der Waals surface area contributed by atoms with Gasteiger partial charge in [0.05, 0.1) is 11.5 Å². The Morgan fingerprint density at radius 2 is 1.90 bits per heavy atom. The lowest BCUT2D eigenvalue weighted by atomic mass is 10.1. The van der Waals surface area contributed by atoms with Gasteiger partial charge in [-0.2, -0.15) is 0 Å². The fraction of sp³-hybridized carbons (Fsp3) is 0.409. The highest BCUT2D eigenvalue weighted by atomic mass is 16.6. The summed E-state index contributed by atoms with van der Waals surface area (Å²) in [6, 6.07) is 12.5. The first-order chi connectivity index (χ1) is 14.0. The van der Waals surface area contributed by atoms with Crippen LogP contribution in [0.15, 0.2) is 42.5 Å². The molecule has 154 valence electrons. The van der Waals surface area contributed by atoms with Crippen molar-refractivity contribution in [2.45, 2.75) is 26.2 Å². The van der Waals surface area contributed by atoms with Crippen LogP contribution < -0.4 is 9.64 Å². The van der Waals surface area contributed by atoms with Crippen molar-refractivity contribution in [3.8, 4) is 5.75 Å². The van der Waals surface area contributed by atoms with Gasteiger partial charge in [0.2, 0.25) is 0 Å². The second-order valence-electron chi connectivity index (χ2n) is 7.35. The Balaban J connectivity index is 1.67. The number of nitrogens with zero attached hydrogens (tertiary/aromatic N) is 3. The van der Waals surface area contributed by atoms with Crippen molar-refractivity contribution in [3.63, 3.8) is 0 Å². The fourth-order valence-corrected chi connectivity index (χ4v) is 3.54. The number of rotatable bonds is 7. The van der Waals surface area contributed by atoms with Crippen molar-refractivity contribution in [2.75, 3.05) is 38.2 Å². The normalized spacial score (nSPS) is 13.8. The molecule has 1 aliphatic rings. The van der Waals surface area contributed by atoms with Gasteiger partial charge >= 0.3 is 0 Å². The molecule has 1 amide bonds. The molecule has 0 atom stereocenters. The summed E-state index contributed by atoms with van der Waals surface area (Å²) in [5.74, 6) is 0.529. The minimum Gasteiger partial charge on any atom is -0.491 e. The molecular formula is C22H27N3O4. The van der Waals surface area contributed by atoms with Gasteiger partial charge in [0, 0.05) is 31.8 Å². The molecule has 0 bridgehead atoms. The number of aryl methyl sites for hydroxylation is 1. The zero-order chi connectivity index (χ0) is 20.8. The average Bonchev–Trinajstić information content (AvgIpc) is 2.74. The number of hydrogen-bond acceptors (Lipinski definition) is 5. The summed E-state index contributed by atoms with van der Waals surface area (Å²) in [6.45, 7) is 4.32. The maximum absolute atomic E-state index is 12.8. The van der Waals surface area contributed by atoms with E-state index in [-0.39, 0.29) is 11.6 Å². The second kappa shape index (κ2) is 9.41. The van der Waals surface area contributed by atoms with Crippen molar-refractivity contribution in [1.29, 1.82) is 0 Å². The largest absolute Gasteiger partial charge is 0.491 e. The average molecular weight is 397 g/mol. The van der Waals surface area contributed by atoms with Gasteiger partial charge < -0.3 is 14.5 Å². The van der Waals surface area contributed by atoms with E-state index in [1.54, 1.807) is 19.2 Å². The van der Waals surface area contributed by atoms with E-state index >= 15 is 0 Å². The van der Waals surface area contributed by atoms with Gasteiger partial charge in [0.15, 0.2) is 0 Å². The Hall–Kier alpha value is -3.09. The van der Waals surface area contributed by atoms with E-state index in [2.05, 4.69) is 0 Å². The molecule has 7 nitrogen and oxygen atoms in total. The summed E-state index contributed by atoms with van der Waals surface area (Å²) in [6.07, 6.45) is 3.21. The summed E-state index contributed by atoms with van der Waals surface area (Å²) >= 11 is 0. The lowest BCUT2D eigenvalue weighted by Crippen LogP contribution is -2.32. The number of carbonyl (C=O) groups excluding carboxylic acids is 1. The summed E-state index contributed by atoms with van der Waals surface area (Å²) in [4.78, 5) is 27.5. The Morgan fingerprint density at radius 1 is 1.17 bits per heavy atom. The van der Waals surface area contributed by atoms with Gasteiger partial charge in [-0.05, 0) is 49.9 Å². The number of para-hydroxylation sites is 1. The molecule has 0 saturated carbocycles. The third kappa shape index (κ3) is 5.04. The molecule has 1 heterocycles. The molecule has 0 spiro atoms. The highest BCUT2D eigenvalue weighted by molar-refractivity contribution is 5.95. The number of amides is 1. The van der Waals surface area contributed by atoms with Crippen molar-refractivity contribution in [2.24, 2.45) is 0 Å². The SMILES string of the molecule is Cc1ccccc1OCCN(C)C(=O)c1ccc(N2CCCCC2)c([N+](=O)[O-])c1. The number of benzene rings is 2. The Bertz CT molecular complexity index is 878. The molecule has 0 aromatic heterocycles. The minimum absolute atomic E-state index is 0.0117. The second-order valence-corrected chi connectivity index (χ2v) is 7.35. The molecule has 0 radical (unpaired) electrons. The van der Waals surface area contributed by atoms with Crippen LogP contribution in [0.3, 0.4) is 0 Å². The van der Waals surface area contributed by atoms with Gasteiger partial charge in [0.25, 0.3) is 11.6 Å². The molecule has 0 N–H and O–H groups in total. The molecule has 0 aliphatic carbocycles. The lowest BCUT2D eigenvalue weighted by Gasteiger charge is -2.28. The maximum Gasteiger partial charge on any atom is 0.293 e. The molecule has 0 unspecified atom stereocenters. The van der Waals surface area contributed by atoms with E-state index < -0.39 is 4.92 Å². The predicted octanol–water partition coefficient (Wildman–Crippen LogP) is 4.04. The summed E-state index contributed by atoms with van der Waals surface area (Å²) in [7, 11) is 1.67. The highest BCUT2D eigenvalue weighted by Gasteiger charge is 2.24. The van der Waals surface area contributed by atoms with Crippen molar-refractivity contribution < 1.29 is 14.5 Å². The van der Waals surface area contributed by atoms with E-state index in [0.29, 0.717) is 24.4 Å². The van der Waals surface area contributed by atoms with Crippen molar-refractivity contribution in [3.05, 3.63) is 63.7 Å². The zero-order valence-corrected chi connectivity index (χ0v) is 17.0. The van der Waals surface area contributed by atoms with Crippen LogP contribution in [0, 0.1) is 17.0 Å². The van der Waals surface area contributed by atoms with Crippen LogP contribution >= 0.6 is 0 Å². The number of ether oxygens (including phenoxy) is 1.